The van der Waals surface area contributed by atoms with Crippen LogP contribution in [0.2, 0.25) is 0 Å². The number of carbonyl (C=O) groups is 3. The number of fused-ring (bicyclic) bond motifs is 3. The molecule has 2 amide bonds. The van der Waals surface area contributed by atoms with Gasteiger partial charge in [-0.3, -0.25) is 9.59 Å². The van der Waals surface area contributed by atoms with Gasteiger partial charge in [-0.25, -0.2) is 4.79 Å². The number of nitrogens with one attached hydrogen (secondary N) is 1. The minimum atomic E-state index is -1.42. The van der Waals surface area contributed by atoms with Gasteiger partial charge in [0.2, 0.25) is 5.91 Å². The molecule has 134 valence electrons. The Hall–Kier alpha value is -2.06. The summed E-state index contributed by atoms with van der Waals surface area (Å²) in [6, 6.07) is 4.98. The summed E-state index contributed by atoms with van der Waals surface area (Å²) in [5.41, 5.74) is 1.43. The van der Waals surface area contributed by atoms with Gasteiger partial charge in [0.1, 0.15) is 11.4 Å². The minimum absolute atomic E-state index is 0.234. The van der Waals surface area contributed by atoms with Gasteiger partial charge in [0, 0.05) is 10.3 Å². The second-order valence-electron chi connectivity index (χ2n) is 6.84. The Bertz CT molecular complexity index is 748. The third-order valence-corrected chi connectivity index (χ3v) is 6.13. The molecular weight excluding hydrogens is 344 g/mol. The topological polar surface area (TPSA) is 107 Å². The molecule has 8 heteroatoms. The van der Waals surface area contributed by atoms with E-state index in [4.69, 9.17) is 0 Å². The molecule has 25 heavy (non-hydrogen) atoms. The highest BCUT2D eigenvalue weighted by atomic mass is 32.2. The zero-order valence-corrected chi connectivity index (χ0v) is 14.9. The van der Waals surface area contributed by atoms with Gasteiger partial charge in [0.15, 0.2) is 6.04 Å². The maximum absolute atomic E-state index is 12.8. The van der Waals surface area contributed by atoms with Gasteiger partial charge in [-0.15, -0.1) is 11.8 Å². The van der Waals surface area contributed by atoms with Gasteiger partial charge in [-0.05, 0) is 32.4 Å². The second kappa shape index (κ2) is 6.03. The number of hydrogen-bond donors (Lipinski definition) is 3. The Morgan fingerprint density at radius 3 is 2.56 bits per heavy atom. The lowest BCUT2D eigenvalue weighted by atomic mass is 10.00. The first kappa shape index (κ1) is 17.8. The largest absolute Gasteiger partial charge is 0.480 e. The average Bonchev–Trinajstić information content (AvgIpc) is 2.95. The summed E-state index contributed by atoms with van der Waals surface area (Å²) in [7, 11) is 0. The van der Waals surface area contributed by atoms with Gasteiger partial charge in [0.25, 0.3) is 5.91 Å². The number of carbonyl (C=O) groups excluding carboxylic acids is 2. The number of carboxylic acid groups (broad SMARTS) is 1. The van der Waals surface area contributed by atoms with Crippen molar-refractivity contribution in [2.45, 2.75) is 49.1 Å². The number of benzene rings is 1. The first-order valence-corrected chi connectivity index (χ1v) is 8.84. The molecule has 1 fully saturated rings. The van der Waals surface area contributed by atoms with Crippen molar-refractivity contribution in [2.24, 2.45) is 0 Å². The molecule has 2 heterocycles. The van der Waals surface area contributed by atoms with Crippen LogP contribution in [0.3, 0.4) is 0 Å². The molecule has 0 aliphatic carbocycles. The summed E-state index contributed by atoms with van der Waals surface area (Å²) in [5, 5.41) is 20.9. The van der Waals surface area contributed by atoms with Crippen LogP contribution >= 0.6 is 11.8 Å². The molecule has 3 rings (SSSR count). The van der Waals surface area contributed by atoms with Crippen LogP contribution in [0, 0.1) is 0 Å². The third kappa shape index (κ3) is 2.79. The van der Waals surface area contributed by atoms with Crippen LogP contribution in [0.1, 0.15) is 42.1 Å². The quantitative estimate of drug-likeness (QED) is 0.735. The summed E-state index contributed by atoms with van der Waals surface area (Å²) in [6.07, 6.45) is -1.25. The van der Waals surface area contributed by atoms with Gasteiger partial charge in [0.05, 0.1) is 6.10 Å². The summed E-state index contributed by atoms with van der Waals surface area (Å²) in [5.74, 6) is -2.13. The number of carboxylic acids is 1. The first-order chi connectivity index (χ1) is 11.6. The average molecular weight is 364 g/mol. The molecule has 2 aliphatic rings. The zero-order valence-electron chi connectivity index (χ0n) is 14.1. The van der Waals surface area contributed by atoms with Crippen molar-refractivity contribution in [2.75, 3.05) is 0 Å². The van der Waals surface area contributed by atoms with Gasteiger partial charge in [-0.2, -0.15) is 0 Å². The van der Waals surface area contributed by atoms with Gasteiger partial charge in [-0.1, -0.05) is 18.2 Å². The molecule has 7 nitrogen and oxygen atoms in total. The van der Waals surface area contributed by atoms with Crippen molar-refractivity contribution >= 4 is 29.5 Å². The highest BCUT2D eigenvalue weighted by Crippen LogP contribution is 2.56. The van der Waals surface area contributed by atoms with E-state index >= 15 is 0 Å². The molecule has 0 bridgehead atoms. The number of amides is 2. The lowest BCUT2D eigenvalue weighted by molar-refractivity contribution is -0.145. The fraction of sp³-hybridized carbons (Fsp3) is 0.471. The van der Waals surface area contributed by atoms with Crippen molar-refractivity contribution in [3.63, 3.8) is 0 Å². The molecule has 4 atom stereocenters. The number of nitrogens with zero attached hydrogens (tertiary/aromatic N) is 1. The van der Waals surface area contributed by atoms with Crippen LogP contribution in [0.15, 0.2) is 24.3 Å². The van der Waals surface area contributed by atoms with Crippen LogP contribution in [0.25, 0.3) is 0 Å². The molecule has 2 aliphatic heterocycles. The Labute approximate surface area is 149 Å². The lowest BCUT2D eigenvalue weighted by Gasteiger charge is -2.31. The SMILES string of the molecule is C[C@H](O)[C@H](NC(=O)[C@@H]1N2C(=O)c3ccccc3[C@@H]2SC1(C)C)C(=O)O. The van der Waals surface area contributed by atoms with Crippen LogP contribution in [0.5, 0.6) is 0 Å². The molecule has 0 spiro atoms. The number of aliphatic hydroxyl groups is 1. The number of rotatable bonds is 4. The van der Waals surface area contributed by atoms with E-state index in [9.17, 15) is 24.6 Å². The maximum Gasteiger partial charge on any atom is 0.328 e. The predicted octanol–water partition coefficient (Wildman–Crippen LogP) is 0.985. The summed E-state index contributed by atoms with van der Waals surface area (Å²) in [6.45, 7) is 5.01. The van der Waals surface area contributed by atoms with Gasteiger partial charge < -0.3 is 20.4 Å². The van der Waals surface area contributed by atoms with Crippen molar-refractivity contribution in [3.8, 4) is 0 Å². The van der Waals surface area contributed by atoms with E-state index in [0.29, 0.717) is 5.56 Å². The van der Waals surface area contributed by atoms with E-state index in [1.54, 1.807) is 12.1 Å². The number of aliphatic hydroxyl groups excluding tert-OH is 1. The number of aliphatic carboxylic acids is 1. The van der Waals surface area contributed by atoms with Gasteiger partial charge >= 0.3 is 5.97 Å². The Morgan fingerprint density at radius 2 is 1.96 bits per heavy atom. The summed E-state index contributed by atoms with van der Waals surface area (Å²) in [4.78, 5) is 38.4. The van der Waals surface area contributed by atoms with Crippen LogP contribution < -0.4 is 5.32 Å². The van der Waals surface area contributed by atoms with Crippen molar-refractivity contribution < 1.29 is 24.6 Å². The lowest BCUT2D eigenvalue weighted by Crippen LogP contribution is -2.57. The number of thioether (sulfide) groups is 1. The molecular formula is C17H20N2O5S. The molecule has 1 aromatic rings. The van der Waals surface area contributed by atoms with Crippen LogP contribution in [0.4, 0.5) is 0 Å². The Morgan fingerprint density at radius 1 is 1.32 bits per heavy atom. The zero-order chi connectivity index (χ0) is 18.5. The molecule has 0 saturated carbocycles. The van der Waals surface area contributed by atoms with E-state index < -0.39 is 34.8 Å². The molecule has 0 unspecified atom stereocenters. The second-order valence-corrected chi connectivity index (χ2v) is 8.58. The van der Waals surface area contributed by atoms with E-state index in [-0.39, 0.29) is 11.3 Å². The van der Waals surface area contributed by atoms with Crippen molar-refractivity contribution in [3.05, 3.63) is 35.4 Å². The molecule has 3 N–H and O–H groups in total. The fourth-order valence-electron chi connectivity index (χ4n) is 3.43. The maximum atomic E-state index is 12.8. The van der Waals surface area contributed by atoms with E-state index in [0.717, 1.165) is 5.56 Å². The normalized spacial score (nSPS) is 25.9. The monoisotopic (exact) mass is 364 g/mol. The number of hydrogen-bond acceptors (Lipinski definition) is 5. The van der Waals surface area contributed by atoms with Crippen molar-refractivity contribution in [1.29, 1.82) is 0 Å². The predicted molar refractivity (Wildman–Crippen MR) is 92.1 cm³/mol. The minimum Gasteiger partial charge on any atom is -0.480 e. The standard InChI is InChI=1S/C17H20N2O5S/c1-8(20)11(16(23)24)18-13(21)12-17(2,3)25-15-10-7-5-4-6-9(10)14(22)19(12)15/h4-8,11-12,15,20H,1-3H3,(H,18,21)(H,23,24)/t8-,11-,12-,15-/m0/s1. The summed E-state index contributed by atoms with van der Waals surface area (Å²) >= 11 is 1.50. The van der Waals surface area contributed by atoms with Crippen LogP contribution in [-0.2, 0) is 9.59 Å². The highest BCUT2D eigenvalue weighted by molar-refractivity contribution is 8.01. The van der Waals surface area contributed by atoms with E-state index in [1.165, 1.54) is 23.6 Å². The van der Waals surface area contributed by atoms with Crippen molar-refractivity contribution in [1.82, 2.24) is 10.2 Å². The summed E-state index contributed by atoms with van der Waals surface area (Å²) < 4.78 is -0.598. The first-order valence-electron chi connectivity index (χ1n) is 7.96. The molecule has 1 saturated heterocycles. The molecule has 1 aromatic carbocycles. The molecule has 0 radical (unpaired) electrons. The van der Waals surface area contributed by atoms with E-state index in [1.807, 2.05) is 26.0 Å². The van der Waals surface area contributed by atoms with Crippen LogP contribution in [-0.4, -0.2) is 55.8 Å². The Balaban J connectivity index is 1.93. The smallest absolute Gasteiger partial charge is 0.328 e. The third-order valence-electron chi connectivity index (χ3n) is 4.59. The fourth-order valence-corrected chi connectivity index (χ4v) is 5.01. The Kier molecular flexibility index (Phi) is 4.28. The highest BCUT2D eigenvalue weighted by Gasteiger charge is 2.57. The molecule has 0 aromatic heterocycles. The van der Waals surface area contributed by atoms with E-state index in [2.05, 4.69) is 5.32 Å².